The number of unbranched alkanes of at least 4 members (excludes halogenated alkanes) is 1. The Labute approximate surface area is 143 Å². The van der Waals surface area contributed by atoms with Crippen molar-refractivity contribution in [3.05, 3.63) is 0 Å². The maximum absolute atomic E-state index is 9.95. The lowest BCUT2D eigenvalue weighted by Gasteiger charge is -2.25. The first kappa shape index (κ1) is 18.5. The van der Waals surface area contributed by atoms with Gasteiger partial charge >= 0.3 is 0 Å². The molecule has 0 aromatic heterocycles. The van der Waals surface area contributed by atoms with E-state index in [1.807, 2.05) is 13.8 Å². The summed E-state index contributed by atoms with van der Waals surface area (Å²) in [5.41, 5.74) is 0. The van der Waals surface area contributed by atoms with Crippen molar-refractivity contribution in [3.63, 3.8) is 0 Å². The summed E-state index contributed by atoms with van der Waals surface area (Å²) in [6.07, 6.45) is 1.72. The third kappa shape index (κ3) is 4.27. The molecule has 5 atom stereocenters. The average Bonchev–Trinajstić information content (AvgIpc) is 3.22. The zero-order chi connectivity index (χ0) is 17.2. The molecule has 3 heterocycles. The van der Waals surface area contributed by atoms with E-state index in [0.29, 0.717) is 6.61 Å². The van der Waals surface area contributed by atoms with Gasteiger partial charge in [0.15, 0.2) is 12.1 Å². The van der Waals surface area contributed by atoms with Gasteiger partial charge in [0.25, 0.3) is 0 Å². The van der Waals surface area contributed by atoms with Crippen molar-refractivity contribution in [1.82, 2.24) is 4.90 Å². The molecular formula is C17H31NO6. The van der Waals surface area contributed by atoms with Gasteiger partial charge in [0.2, 0.25) is 0 Å². The van der Waals surface area contributed by atoms with E-state index in [9.17, 15) is 10.2 Å². The van der Waals surface area contributed by atoms with Gasteiger partial charge in [-0.05, 0) is 59.2 Å². The van der Waals surface area contributed by atoms with Crippen LogP contribution in [0.15, 0.2) is 0 Å². The van der Waals surface area contributed by atoms with Crippen molar-refractivity contribution in [2.45, 2.75) is 76.0 Å². The van der Waals surface area contributed by atoms with Crippen molar-refractivity contribution >= 4 is 0 Å². The molecule has 0 saturated carbocycles. The lowest BCUT2D eigenvalue weighted by molar-refractivity contribution is -0.244. The predicted octanol–water partition coefficient (Wildman–Crippen LogP) is 0.477. The molecule has 0 aromatic carbocycles. The highest BCUT2D eigenvalue weighted by molar-refractivity contribution is 4.97. The number of rotatable bonds is 8. The Hall–Kier alpha value is -0.280. The van der Waals surface area contributed by atoms with Gasteiger partial charge < -0.3 is 34.1 Å². The number of aliphatic hydroxyl groups excluding tert-OH is 2. The van der Waals surface area contributed by atoms with E-state index in [1.165, 1.54) is 25.9 Å². The molecule has 0 spiro atoms. The Bertz CT molecular complexity index is 401. The molecule has 3 aliphatic heterocycles. The van der Waals surface area contributed by atoms with Crippen molar-refractivity contribution in [2.24, 2.45) is 0 Å². The summed E-state index contributed by atoms with van der Waals surface area (Å²) < 4.78 is 23.3. The van der Waals surface area contributed by atoms with E-state index in [2.05, 4.69) is 4.90 Å². The molecule has 0 aliphatic carbocycles. The molecule has 7 heteroatoms. The lowest BCUT2D eigenvalue weighted by Crippen LogP contribution is -2.40. The third-order valence-electron chi connectivity index (χ3n) is 4.96. The van der Waals surface area contributed by atoms with Crippen LogP contribution < -0.4 is 0 Å². The standard InChI is InChI=1S/C17H31NO6/c1-17(2)23-14-13(12(20)11-19)22-16(15(14)24-17)21-10-6-5-9-18-7-3-4-8-18/h12-16,19-20H,3-11H2,1-2H3/t12-,13-,14+,15+,16+/m1/s1. The van der Waals surface area contributed by atoms with Gasteiger partial charge in [-0.3, -0.25) is 0 Å². The zero-order valence-electron chi connectivity index (χ0n) is 14.7. The van der Waals surface area contributed by atoms with Gasteiger partial charge in [0.1, 0.15) is 24.4 Å². The van der Waals surface area contributed by atoms with E-state index in [-0.39, 0.29) is 12.7 Å². The maximum atomic E-state index is 9.95. The van der Waals surface area contributed by atoms with Gasteiger partial charge in [-0.15, -0.1) is 0 Å². The molecule has 3 rings (SSSR count). The second-order valence-corrected chi connectivity index (χ2v) is 7.41. The molecular weight excluding hydrogens is 314 g/mol. The number of aliphatic hydroxyl groups is 2. The van der Waals surface area contributed by atoms with E-state index in [1.54, 1.807) is 0 Å². The Morgan fingerprint density at radius 3 is 2.58 bits per heavy atom. The van der Waals surface area contributed by atoms with Gasteiger partial charge in [0.05, 0.1) is 6.61 Å². The Balaban J connectivity index is 1.44. The minimum absolute atomic E-state index is 0.371. The highest BCUT2D eigenvalue weighted by Crippen LogP contribution is 2.40. The van der Waals surface area contributed by atoms with Crippen LogP contribution in [0.2, 0.25) is 0 Å². The Morgan fingerprint density at radius 2 is 1.88 bits per heavy atom. The summed E-state index contributed by atoms with van der Waals surface area (Å²) in [6, 6.07) is 0. The van der Waals surface area contributed by atoms with E-state index in [4.69, 9.17) is 18.9 Å². The molecule has 0 amide bonds. The Kier molecular flexibility index (Phi) is 6.13. The lowest BCUT2D eigenvalue weighted by atomic mass is 10.1. The molecule has 0 radical (unpaired) electrons. The number of nitrogens with zero attached hydrogens (tertiary/aromatic N) is 1. The van der Waals surface area contributed by atoms with Crippen molar-refractivity contribution in [3.8, 4) is 0 Å². The predicted molar refractivity (Wildman–Crippen MR) is 86.4 cm³/mol. The Morgan fingerprint density at radius 1 is 1.17 bits per heavy atom. The van der Waals surface area contributed by atoms with Crippen LogP contribution >= 0.6 is 0 Å². The molecule has 3 aliphatic rings. The molecule has 7 nitrogen and oxygen atoms in total. The van der Waals surface area contributed by atoms with Gasteiger partial charge in [-0.2, -0.15) is 0 Å². The van der Waals surface area contributed by atoms with Crippen LogP contribution in [0, 0.1) is 0 Å². The van der Waals surface area contributed by atoms with E-state index in [0.717, 1.165) is 19.4 Å². The largest absolute Gasteiger partial charge is 0.394 e. The van der Waals surface area contributed by atoms with Crippen LogP contribution in [0.1, 0.15) is 39.5 Å². The molecule has 0 aromatic rings. The van der Waals surface area contributed by atoms with Crippen LogP contribution in [0.25, 0.3) is 0 Å². The summed E-state index contributed by atoms with van der Waals surface area (Å²) >= 11 is 0. The average molecular weight is 345 g/mol. The highest BCUT2D eigenvalue weighted by Gasteiger charge is 2.57. The van der Waals surface area contributed by atoms with E-state index < -0.39 is 30.4 Å². The molecule has 140 valence electrons. The SMILES string of the molecule is CC1(C)O[C@@H]2[C@H](O1)[C@@H](OCCCCN1CCCC1)O[C@@H]2[C@H](O)CO. The molecule has 0 unspecified atom stereocenters. The molecule has 3 fully saturated rings. The number of ether oxygens (including phenoxy) is 4. The molecule has 2 N–H and O–H groups in total. The fourth-order valence-corrected chi connectivity index (χ4v) is 3.78. The van der Waals surface area contributed by atoms with Crippen LogP contribution in [0.3, 0.4) is 0 Å². The topological polar surface area (TPSA) is 80.6 Å². The third-order valence-corrected chi connectivity index (χ3v) is 4.96. The quantitative estimate of drug-likeness (QED) is 0.619. The maximum Gasteiger partial charge on any atom is 0.187 e. The minimum atomic E-state index is -1.00. The number of hydrogen-bond donors (Lipinski definition) is 2. The van der Waals surface area contributed by atoms with Crippen molar-refractivity contribution in [1.29, 1.82) is 0 Å². The normalized spacial score (nSPS) is 37.0. The first-order valence-electron chi connectivity index (χ1n) is 9.14. The number of fused-ring (bicyclic) bond motifs is 1. The summed E-state index contributed by atoms with van der Waals surface area (Å²) in [5, 5.41) is 19.2. The van der Waals surface area contributed by atoms with Crippen LogP contribution in [0.5, 0.6) is 0 Å². The zero-order valence-corrected chi connectivity index (χ0v) is 14.7. The minimum Gasteiger partial charge on any atom is -0.394 e. The first-order chi connectivity index (χ1) is 11.5. The monoisotopic (exact) mass is 345 g/mol. The van der Waals surface area contributed by atoms with Crippen LogP contribution in [-0.2, 0) is 18.9 Å². The summed E-state index contributed by atoms with van der Waals surface area (Å²) in [6.45, 7) is 7.45. The van der Waals surface area contributed by atoms with Crippen molar-refractivity contribution < 1.29 is 29.2 Å². The molecule has 24 heavy (non-hydrogen) atoms. The number of likely N-dealkylation sites (tertiary alicyclic amines) is 1. The van der Waals surface area contributed by atoms with Crippen molar-refractivity contribution in [2.75, 3.05) is 32.8 Å². The summed E-state index contributed by atoms with van der Waals surface area (Å²) in [4.78, 5) is 2.49. The van der Waals surface area contributed by atoms with Crippen LogP contribution in [-0.4, -0.2) is 84.5 Å². The smallest absolute Gasteiger partial charge is 0.187 e. The number of hydrogen-bond acceptors (Lipinski definition) is 7. The fourth-order valence-electron chi connectivity index (χ4n) is 3.78. The fraction of sp³-hybridized carbons (Fsp3) is 1.00. The summed E-state index contributed by atoms with van der Waals surface area (Å²) in [7, 11) is 0. The van der Waals surface area contributed by atoms with Crippen LogP contribution in [0.4, 0.5) is 0 Å². The second-order valence-electron chi connectivity index (χ2n) is 7.41. The first-order valence-corrected chi connectivity index (χ1v) is 9.14. The molecule has 0 bridgehead atoms. The highest BCUT2D eigenvalue weighted by atomic mass is 16.8. The van der Waals surface area contributed by atoms with Gasteiger partial charge in [-0.25, -0.2) is 0 Å². The molecule has 3 saturated heterocycles. The van der Waals surface area contributed by atoms with Gasteiger partial charge in [-0.1, -0.05) is 0 Å². The van der Waals surface area contributed by atoms with Gasteiger partial charge in [0, 0.05) is 6.61 Å². The van der Waals surface area contributed by atoms with E-state index >= 15 is 0 Å². The summed E-state index contributed by atoms with van der Waals surface area (Å²) in [5.74, 6) is -0.732. The second kappa shape index (κ2) is 7.95.